The van der Waals surface area contributed by atoms with Crippen LogP contribution in [0.4, 0.5) is 0 Å². The van der Waals surface area contributed by atoms with Crippen LogP contribution < -0.4 is 0 Å². The highest BCUT2D eigenvalue weighted by molar-refractivity contribution is 9.11. The Hall–Kier alpha value is -0.0200. The smallest absolute Gasteiger partial charge is 0.0887 e. The zero-order valence-electron chi connectivity index (χ0n) is 10.7. The summed E-state index contributed by atoms with van der Waals surface area (Å²) in [5.74, 6) is 1.98. The predicted molar refractivity (Wildman–Crippen MR) is 90.1 cm³/mol. The Morgan fingerprint density at radius 1 is 1.30 bits per heavy atom. The van der Waals surface area contributed by atoms with Crippen LogP contribution in [0.3, 0.4) is 0 Å². The van der Waals surface area contributed by atoms with E-state index in [1.165, 1.54) is 28.8 Å². The van der Waals surface area contributed by atoms with Gasteiger partial charge in [-0.05, 0) is 63.7 Å². The Kier molecular flexibility index (Phi) is 3.42. The lowest BCUT2D eigenvalue weighted by atomic mass is 9.92. The summed E-state index contributed by atoms with van der Waals surface area (Å²) in [6.07, 6.45) is 2.47. The molecule has 0 amide bonds. The normalized spacial score (nSPS) is 28.6. The average Bonchev–Trinajstić information content (AvgIpc) is 3.11. The monoisotopic (exact) mass is 386 g/mol. The Bertz CT molecular complexity index is 647. The van der Waals surface area contributed by atoms with Crippen LogP contribution in [0.15, 0.2) is 34.1 Å². The molecule has 104 valence electrons. The number of halogens is 3. The van der Waals surface area contributed by atoms with Gasteiger partial charge in [0.15, 0.2) is 0 Å². The summed E-state index contributed by atoms with van der Waals surface area (Å²) in [5.41, 5.74) is 3.05. The first kappa shape index (κ1) is 13.6. The SMILES string of the molecule is Clc1cc(C(Cl)C2C3CCc4ccccc4C32)sc1Br. The van der Waals surface area contributed by atoms with Gasteiger partial charge in [0.1, 0.15) is 0 Å². The van der Waals surface area contributed by atoms with E-state index >= 15 is 0 Å². The van der Waals surface area contributed by atoms with Crippen LogP contribution in [0.5, 0.6) is 0 Å². The Morgan fingerprint density at radius 3 is 2.85 bits per heavy atom. The van der Waals surface area contributed by atoms with Gasteiger partial charge in [0.2, 0.25) is 0 Å². The van der Waals surface area contributed by atoms with Gasteiger partial charge in [-0.1, -0.05) is 35.9 Å². The minimum absolute atomic E-state index is 0.0879. The zero-order valence-corrected chi connectivity index (χ0v) is 14.6. The van der Waals surface area contributed by atoms with Crippen molar-refractivity contribution in [1.82, 2.24) is 0 Å². The van der Waals surface area contributed by atoms with Gasteiger partial charge in [0.25, 0.3) is 0 Å². The first-order chi connectivity index (χ1) is 9.66. The molecule has 0 aliphatic heterocycles. The summed E-state index contributed by atoms with van der Waals surface area (Å²) < 4.78 is 0.990. The minimum atomic E-state index is 0.0879. The predicted octanol–water partition coefficient (Wildman–Crippen LogP) is 6.42. The minimum Gasteiger partial charge on any atom is -0.130 e. The Labute approximate surface area is 141 Å². The maximum absolute atomic E-state index is 6.76. The van der Waals surface area contributed by atoms with E-state index in [-0.39, 0.29) is 5.38 Å². The van der Waals surface area contributed by atoms with Crippen molar-refractivity contribution in [3.05, 3.63) is 55.1 Å². The van der Waals surface area contributed by atoms with Gasteiger partial charge in [0.05, 0.1) is 14.2 Å². The van der Waals surface area contributed by atoms with Crippen LogP contribution in [0.2, 0.25) is 5.02 Å². The number of hydrogen-bond donors (Lipinski definition) is 0. The average molecular weight is 388 g/mol. The van der Waals surface area contributed by atoms with Crippen molar-refractivity contribution in [2.45, 2.75) is 24.1 Å². The van der Waals surface area contributed by atoms with Gasteiger partial charge in [-0.25, -0.2) is 0 Å². The van der Waals surface area contributed by atoms with E-state index in [1.807, 2.05) is 6.07 Å². The molecule has 20 heavy (non-hydrogen) atoms. The lowest BCUT2D eigenvalue weighted by Gasteiger charge is -2.13. The molecule has 2 aliphatic carbocycles. The van der Waals surface area contributed by atoms with Crippen molar-refractivity contribution in [3.8, 4) is 0 Å². The van der Waals surface area contributed by atoms with Crippen LogP contribution in [0.1, 0.15) is 33.7 Å². The molecular weight excluding hydrogens is 375 g/mol. The number of benzene rings is 1. The maximum Gasteiger partial charge on any atom is 0.0887 e. The topological polar surface area (TPSA) is 0 Å². The van der Waals surface area contributed by atoms with Crippen molar-refractivity contribution in [2.75, 3.05) is 0 Å². The maximum atomic E-state index is 6.76. The van der Waals surface area contributed by atoms with E-state index in [0.717, 1.165) is 14.7 Å². The van der Waals surface area contributed by atoms with Crippen molar-refractivity contribution in [2.24, 2.45) is 11.8 Å². The second-order valence-electron chi connectivity index (χ2n) is 5.68. The van der Waals surface area contributed by atoms with Crippen molar-refractivity contribution >= 4 is 50.5 Å². The molecule has 1 heterocycles. The summed E-state index contributed by atoms with van der Waals surface area (Å²) >= 11 is 18.1. The second-order valence-corrected chi connectivity index (χ2v) is 8.96. The molecule has 1 fully saturated rings. The molecular formula is C16H13BrCl2S. The Balaban J connectivity index is 1.63. The largest absolute Gasteiger partial charge is 0.130 e. The van der Waals surface area contributed by atoms with Crippen LogP contribution in [-0.4, -0.2) is 0 Å². The molecule has 0 saturated heterocycles. The summed E-state index contributed by atoms with van der Waals surface area (Å²) in [7, 11) is 0. The number of thiophene rings is 1. The summed E-state index contributed by atoms with van der Waals surface area (Å²) in [6, 6.07) is 10.9. The van der Waals surface area contributed by atoms with E-state index in [2.05, 4.69) is 40.2 Å². The third-order valence-electron chi connectivity index (χ3n) is 4.66. The lowest BCUT2D eigenvalue weighted by molar-refractivity contribution is 0.624. The number of aryl methyl sites for hydroxylation is 1. The summed E-state index contributed by atoms with van der Waals surface area (Å²) in [4.78, 5) is 1.19. The fraction of sp³-hybridized carbons (Fsp3) is 0.375. The van der Waals surface area contributed by atoms with E-state index in [0.29, 0.717) is 11.8 Å². The first-order valence-electron chi connectivity index (χ1n) is 6.83. The molecule has 1 aromatic carbocycles. The molecule has 4 atom stereocenters. The highest BCUT2D eigenvalue weighted by atomic mass is 79.9. The van der Waals surface area contributed by atoms with Crippen molar-refractivity contribution in [1.29, 1.82) is 0 Å². The highest BCUT2D eigenvalue weighted by Gasteiger charge is 2.56. The number of fused-ring (bicyclic) bond motifs is 3. The molecule has 4 heteroatoms. The molecule has 0 N–H and O–H groups in total. The molecule has 2 aliphatic rings. The van der Waals surface area contributed by atoms with E-state index in [9.17, 15) is 0 Å². The van der Waals surface area contributed by atoms with Gasteiger partial charge in [-0.3, -0.25) is 0 Å². The van der Waals surface area contributed by atoms with Crippen molar-refractivity contribution in [3.63, 3.8) is 0 Å². The molecule has 1 saturated carbocycles. The van der Waals surface area contributed by atoms with Crippen LogP contribution >= 0.6 is 50.5 Å². The van der Waals surface area contributed by atoms with Crippen LogP contribution in [0, 0.1) is 11.8 Å². The van der Waals surface area contributed by atoms with E-state index in [4.69, 9.17) is 23.2 Å². The molecule has 4 rings (SSSR count). The number of hydrogen-bond acceptors (Lipinski definition) is 1. The van der Waals surface area contributed by atoms with Gasteiger partial charge >= 0.3 is 0 Å². The molecule has 1 aromatic heterocycles. The van der Waals surface area contributed by atoms with Gasteiger partial charge in [-0.2, -0.15) is 0 Å². The molecule has 0 nitrogen and oxygen atoms in total. The third kappa shape index (κ3) is 2.08. The molecule has 4 unspecified atom stereocenters. The second kappa shape index (κ2) is 5.01. The van der Waals surface area contributed by atoms with Gasteiger partial charge in [0, 0.05) is 4.88 Å². The fourth-order valence-corrected chi connectivity index (χ4v) is 6.03. The van der Waals surface area contributed by atoms with E-state index in [1.54, 1.807) is 11.3 Å². The third-order valence-corrected chi connectivity index (χ3v) is 7.88. The first-order valence-corrected chi connectivity index (χ1v) is 9.26. The molecule has 2 aromatic rings. The standard InChI is InChI=1S/C16H13BrCl2S/c17-16-11(18)7-12(20-16)15(19)14-10-6-5-8-3-1-2-4-9(8)13(10)14/h1-4,7,10,13-15H,5-6H2. The number of rotatable bonds is 2. The highest BCUT2D eigenvalue weighted by Crippen LogP contribution is 2.66. The zero-order chi connectivity index (χ0) is 13.9. The van der Waals surface area contributed by atoms with Gasteiger partial charge in [-0.15, -0.1) is 22.9 Å². The van der Waals surface area contributed by atoms with Gasteiger partial charge < -0.3 is 0 Å². The Morgan fingerprint density at radius 2 is 2.10 bits per heavy atom. The van der Waals surface area contributed by atoms with Crippen molar-refractivity contribution < 1.29 is 0 Å². The van der Waals surface area contributed by atoms with E-state index < -0.39 is 0 Å². The fourth-order valence-electron chi connectivity index (χ4n) is 3.71. The molecule has 0 radical (unpaired) electrons. The lowest BCUT2D eigenvalue weighted by Crippen LogP contribution is -2.00. The molecule has 0 bridgehead atoms. The summed E-state index contributed by atoms with van der Waals surface area (Å²) in [5, 5.41) is 0.865. The summed E-state index contributed by atoms with van der Waals surface area (Å²) in [6.45, 7) is 0. The van der Waals surface area contributed by atoms with Crippen LogP contribution in [0.25, 0.3) is 0 Å². The van der Waals surface area contributed by atoms with Crippen LogP contribution in [-0.2, 0) is 6.42 Å². The molecule has 0 spiro atoms. The number of alkyl halides is 1. The quantitative estimate of drug-likeness (QED) is 0.521.